The molecule has 0 radical (unpaired) electrons. The van der Waals surface area contributed by atoms with E-state index in [0.717, 1.165) is 32.6 Å². The van der Waals surface area contributed by atoms with Gasteiger partial charge in [0.1, 0.15) is 0 Å². The van der Waals surface area contributed by atoms with E-state index in [-0.39, 0.29) is 29.7 Å². The van der Waals surface area contributed by atoms with Crippen molar-refractivity contribution >= 4 is 18.3 Å². The molecule has 3 atom stereocenters. The van der Waals surface area contributed by atoms with Crippen molar-refractivity contribution in [2.24, 2.45) is 13.0 Å². The fourth-order valence-corrected chi connectivity index (χ4v) is 5.91. The van der Waals surface area contributed by atoms with Crippen LogP contribution in [0.5, 0.6) is 0 Å². The van der Waals surface area contributed by atoms with Crippen LogP contribution in [0.1, 0.15) is 48.3 Å². The van der Waals surface area contributed by atoms with Crippen LogP contribution in [0.25, 0.3) is 0 Å². The van der Waals surface area contributed by atoms with Gasteiger partial charge in [0.25, 0.3) is 0 Å². The Morgan fingerprint density at radius 2 is 2.03 bits per heavy atom. The molecule has 0 bridgehead atoms. The SMILES string of the molecule is Cl.Cn1cc([C@H]2CNC[C@@H]2C(=O)N2CCCC3(CCCc4ccccc43)C2)cn1. The predicted molar refractivity (Wildman–Crippen MR) is 116 cm³/mol. The van der Waals surface area contributed by atoms with Gasteiger partial charge in [0.2, 0.25) is 5.91 Å². The Morgan fingerprint density at radius 3 is 2.86 bits per heavy atom. The van der Waals surface area contributed by atoms with Gasteiger partial charge in [-0.05, 0) is 48.8 Å². The Hall–Kier alpha value is -1.85. The van der Waals surface area contributed by atoms with Gasteiger partial charge in [0.15, 0.2) is 0 Å². The Bertz CT molecular complexity index is 881. The lowest BCUT2D eigenvalue weighted by Crippen LogP contribution is -2.52. The number of hydrogen-bond donors (Lipinski definition) is 1. The first kappa shape index (κ1) is 20.4. The number of halogens is 1. The normalized spacial score (nSPS) is 28.8. The van der Waals surface area contributed by atoms with Crippen molar-refractivity contribution in [1.29, 1.82) is 0 Å². The Balaban J connectivity index is 0.00000205. The maximum Gasteiger partial charge on any atom is 0.227 e. The van der Waals surface area contributed by atoms with Gasteiger partial charge >= 0.3 is 0 Å². The van der Waals surface area contributed by atoms with E-state index in [9.17, 15) is 4.79 Å². The molecule has 156 valence electrons. The molecule has 1 aromatic heterocycles. The number of rotatable bonds is 2. The number of piperidine rings is 1. The first-order valence-electron chi connectivity index (χ1n) is 10.7. The molecule has 1 aromatic carbocycles. The minimum atomic E-state index is 0. The van der Waals surface area contributed by atoms with Crippen LogP contribution in [0, 0.1) is 5.92 Å². The summed E-state index contributed by atoms with van der Waals surface area (Å²) in [5, 5.41) is 7.78. The largest absolute Gasteiger partial charge is 0.342 e. The van der Waals surface area contributed by atoms with Crippen LogP contribution >= 0.6 is 12.4 Å². The molecule has 2 fully saturated rings. The summed E-state index contributed by atoms with van der Waals surface area (Å²) >= 11 is 0. The number of fused-ring (bicyclic) bond motifs is 2. The highest BCUT2D eigenvalue weighted by atomic mass is 35.5. The van der Waals surface area contributed by atoms with Crippen molar-refractivity contribution in [2.45, 2.75) is 43.4 Å². The number of carbonyl (C=O) groups is 1. The van der Waals surface area contributed by atoms with Gasteiger partial charge in [-0.1, -0.05) is 24.3 Å². The standard InChI is InChI=1S/C23H30N4O.ClH/c1-26-15-18(12-25-26)19-13-24-14-20(19)22(28)27-11-5-10-23(16-27)9-4-7-17-6-2-3-8-21(17)23;/h2-3,6,8,12,15,19-20,24H,4-5,7,9-11,13-14,16H2,1H3;1H/t19-,20+,23?;/m1./s1. The van der Waals surface area contributed by atoms with Crippen LogP contribution in [-0.2, 0) is 23.7 Å². The second kappa shape index (κ2) is 8.11. The van der Waals surface area contributed by atoms with E-state index in [1.54, 1.807) is 0 Å². The van der Waals surface area contributed by atoms with Crippen molar-refractivity contribution in [1.82, 2.24) is 20.0 Å². The Kier molecular flexibility index (Phi) is 5.71. The average molecular weight is 415 g/mol. The van der Waals surface area contributed by atoms with Gasteiger partial charge in [0, 0.05) is 50.8 Å². The number of amides is 1. The molecule has 1 unspecified atom stereocenters. The van der Waals surface area contributed by atoms with E-state index in [2.05, 4.69) is 45.8 Å². The molecule has 1 spiro atoms. The van der Waals surface area contributed by atoms with Gasteiger partial charge in [-0.15, -0.1) is 12.4 Å². The fourth-order valence-electron chi connectivity index (χ4n) is 5.91. The van der Waals surface area contributed by atoms with Crippen LogP contribution in [0.2, 0.25) is 0 Å². The summed E-state index contributed by atoms with van der Waals surface area (Å²) in [4.78, 5) is 15.8. The highest BCUT2D eigenvalue weighted by molar-refractivity contribution is 5.85. The lowest BCUT2D eigenvalue weighted by atomic mass is 9.65. The minimum Gasteiger partial charge on any atom is -0.342 e. The molecule has 3 heterocycles. The molecule has 1 N–H and O–H groups in total. The molecular formula is C23H31ClN4O. The second-order valence-electron chi connectivity index (χ2n) is 8.97. The van der Waals surface area contributed by atoms with Crippen molar-refractivity contribution in [3.05, 3.63) is 53.3 Å². The van der Waals surface area contributed by atoms with E-state index >= 15 is 0 Å². The molecule has 5 nitrogen and oxygen atoms in total. The third-order valence-corrected chi connectivity index (χ3v) is 7.26. The third-order valence-electron chi connectivity index (χ3n) is 7.26. The zero-order valence-electron chi connectivity index (χ0n) is 17.1. The van der Waals surface area contributed by atoms with Gasteiger partial charge in [-0.25, -0.2) is 0 Å². The third kappa shape index (κ3) is 3.59. The number of nitrogens with one attached hydrogen (secondary N) is 1. The zero-order valence-corrected chi connectivity index (χ0v) is 18.0. The summed E-state index contributed by atoms with van der Waals surface area (Å²) < 4.78 is 1.84. The van der Waals surface area contributed by atoms with Crippen LogP contribution in [0.15, 0.2) is 36.7 Å². The Labute approximate surface area is 179 Å². The van der Waals surface area contributed by atoms with E-state index in [0.29, 0.717) is 5.91 Å². The number of aromatic nitrogens is 2. The van der Waals surface area contributed by atoms with Crippen LogP contribution in [-0.4, -0.2) is 46.8 Å². The van der Waals surface area contributed by atoms with E-state index < -0.39 is 0 Å². The summed E-state index contributed by atoms with van der Waals surface area (Å²) in [7, 11) is 1.94. The summed E-state index contributed by atoms with van der Waals surface area (Å²) in [5.74, 6) is 0.594. The van der Waals surface area contributed by atoms with Gasteiger partial charge in [-0.3, -0.25) is 9.48 Å². The van der Waals surface area contributed by atoms with E-state index in [4.69, 9.17) is 0 Å². The Morgan fingerprint density at radius 1 is 1.21 bits per heavy atom. The number of nitrogens with zero attached hydrogens (tertiary/aromatic N) is 3. The molecule has 29 heavy (non-hydrogen) atoms. The maximum absolute atomic E-state index is 13.6. The zero-order chi connectivity index (χ0) is 19.1. The highest BCUT2D eigenvalue weighted by Crippen LogP contribution is 2.44. The maximum atomic E-state index is 13.6. The molecule has 2 aliphatic heterocycles. The minimum absolute atomic E-state index is 0. The van der Waals surface area contributed by atoms with Gasteiger partial charge in [-0.2, -0.15) is 5.10 Å². The van der Waals surface area contributed by atoms with Gasteiger partial charge < -0.3 is 10.2 Å². The van der Waals surface area contributed by atoms with E-state index in [1.165, 1.54) is 42.4 Å². The lowest BCUT2D eigenvalue weighted by molar-refractivity contribution is -0.137. The second-order valence-corrected chi connectivity index (χ2v) is 8.97. The summed E-state index contributed by atoms with van der Waals surface area (Å²) in [6, 6.07) is 8.94. The van der Waals surface area contributed by atoms with Crippen LogP contribution in [0.3, 0.4) is 0 Å². The van der Waals surface area contributed by atoms with Gasteiger partial charge in [0.05, 0.1) is 12.1 Å². The molecule has 6 heteroatoms. The molecule has 0 saturated carbocycles. The van der Waals surface area contributed by atoms with Crippen LogP contribution in [0.4, 0.5) is 0 Å². The molecule has 2 aromatic rings. The molecule has 2 saturated heterocycles. The smallest absolute Gasteiger partial charge is 0.227 e. The number of aryl methyl sites for hydroxylation is 2. The quantitative estimate of drug-likeness (QED) is 0.821. The van der Waals surface area contributed by atoms with Crippen molar-refractivity contribution in [3.63, 3.8) is 0 Å². The number of carbonyl (C=O) groups excluding carboxylic acids is 1. The summed E-state index contributed by atoms with van der Waals surface area (Å²) in [6.45, 7) is 3.43. The average Bonchev–Trinajstić information content (AvgIpc) is 3.37. The first-order valence-corrected chi connectivity index (χ1v) is 10.7. The molecule has 1 amide bonds. The molecule has 1 aliphatic carbocycles. The highest BCUT2D eigenvalue weighted by Gasteiger charge is 2.44. The lowest BCUT2D eigenvalue weighted by Gasteiger charge is -2.47. The molecular weight excluding hydrogens is 384 g/mol. The van der Waals surface area contributed by atoms with Crippen LogP contribution < -0.4 is 5.32 Å². The van der Waals surface area contributed by atoms with E-state index in [1.807, 2.05) is 17.9 Å². The topological polar surface area (TPSA) is 50.2 Å². The van der Waals surface area contributed by atoms with Crippen molar-refractivity contribution in [3.8, 4) is 0 Å². The number of benzene rings is 1. The monoisotopic (exact) mass is 414 g/mol. The van der Waals surface area contributed by atoms with Crippen molar-refractivity contribution < 1.29 is 4.79 Å². The van der Waals surface area contributed by atoms with Crippen molar-refractivity contribution in [2.75, 3.05) is 26.2 Å². The molecule has 5 rings (SSSR count). The number of likely N-dealkylation sites (tertiary alicyclic amines) is 1. The number of hydrogen-bond acceptors (Lipinski definition) is 3. The summed E-state index contributed by atoms with van der Waals surface area (Å²) in [6.07, 6.45) is 9.94. The first-order chi connectivity index (χ1) is 13.7. The summed E-state index contributed by atoms with van der Waals surface area (Å²) in [5.41, 5.74) is 4.35. The molecule has 3 aliphatic rings. The fraction of sp³-hybridized carbons (Fsp3) is 0.565. The predicted octanol–water partition coefficient (Wildman–Crippen LogP) is 3.04.